The van der Waals surface area contributed by atoms with E-state index in [9.17, 15) is 14.4 Å². The van der Waals surface area contributed by atoms with Gasteiger partial charge in [0.1, 0.15) is 17.7 Å². The van der Waals surface area contributed by atoms with Gasteiger partial charge in [-0.1, -0.05) is 0 Å². The number of urea groups is 1. The lowest BCUT2D eigenvalue weighted by Gasteiger charge is -2.37. The van der Waals surface area contributed by atoms with Crippen molar-refractivity contribution in [1.29, 1.82) is 0 Å². The van der Waals surface area contributed by atoms with Crippen molar-refractivity contribution in [1.82, 2.24) is 24.3 Å². The second-order valence-corrected chi connectivity index (χ2v) is 11.0. The molecule has 4 rings (SSSR count). The lowest BCUT2D eigenvalue weighted by molar-refractivity contribution is -0.137. The molecule has 39 heavy (non-hydrogen) atoms. The Labute approximate surface area is 228 Å². The van der Waals surface area contributed by atoms with Crippen LogP contribution in [0.3, 0.4) is 0 Å². The van der Waals surface area contributed by atoms with Crippen molar-refractivity contribution < 1.29 is 14.3 Å². The van der Waals surface area contributed by atoms with Crippen LogP contribution in [0.15, 0.2) is 41.3 Å². The number of aromatic nitrogens is 2. The van der Waals surface area contributed by atoms with Gasteiger partial charge in [0.25, 0.3) is 0 Å². The highest BCUT2D eigenvalue weighted by Gasteiger charge is 2.31. The highest BCUT2D eigenvalue weighted by atomic mass is 16.5. The van der Waals surface area contributed by atoms with E-state index in [4.69, 9.17) is 16.2 Å². The smallest absolute Gasteiger partial charge is 0.354 e. The minimum Gasteiger partial charge on any atom is -0.489 e. The van der Waals surface area contributed by atoms with E-state index in [1.807, 2.05) is 19.1 Å². The van der Waals surface area contributed by atoms with Gasteiger partial charge in [-0.05, 0) is 76.5 Å². The van der Waals surface area contributed by atoms with E-state index >= 15 is 0 Å². The van der Waals surface area contributed by atoms with E-state index in [-0.39, 0.29) is 23.9 Å². The summed E-state index contributed by atoms with van der Waals surface area (Å²) in [4.78, 5) is 47.4. The number of piperazine rings is 1. The van der Waals surface area contributed by atoms with E-state index in [1.54, 1.807) is 48.0 Å². The fraction of sp³-hybridized carbons (Fsp3) is 0.556. The Balaban J connectivity index is 1.29. The predicted octanol–water partition coefficient (Wildman–Crippen LogP) is 0.694. The number of amides is 3. The maximum Gasteiger partial charge on any atom is 0.354 e. The molecule has 2 fully saturated rings. The molecule has 2 aromatic rings. The molecule has 2 saturated heterocycles. The molecule has 2 aliphatic heterocycles. The van der Waals surface area contributed by atoms with Crippen molar-refractivity contribution in [2.75, 3.05) is 57.7 Å². The first kappa shape index (κ1) is 28.5. The number of carbonyl (C=O) groups excluding carboxylic acids is 2. The Bertz CT molecular complexity index is 1200. The number of rotatable bonds is 8. The number of likely N-dealkylation sites (tertiary alicyclic amines) is 1. The maximum atomic E-state index is 12.7. The SMILES string of the molecule is CC(CN1CC[C@H](CN)C1)Oc1ccc(-n2ccc(NC(=O)N3CCN(C(=O)C(C)(C)N)CC3)nc2=O)cc1. The summed E-state index contributed by atoms with van der Waals surface area (Å²) in [6.07, 6.45) is 2.73. The molecule has 0 aliphatic carbocycles. The van der Waals surface area contributed by atoms with Gasteiger partial charge in [-0.2, -0.15) is 4.98 Å². The minimum atomic E-state index is -0.952. The molecule has 5 N–H and O–H groups in total. The summed E-state index contributed by atoms with van der Waals surface area (Å²) < 4.78 is 7.47. The zero-order valence-corrected chi connectivity index (χ0v) is 23.0. The molecule has 0 radical (unpaired) electrons. The van der Waals surface area contributed by atoms with Gasteiger partial charge in [0.15, 0.2) is 0 Å². The number of anilines is 1. The number of nitrogens with two attached hydrogens (primary N) is 2. The second-order valence-electron chi connectivity index (χ2n) is 11.0. The highest BCUT2D eigenvalue weighted by molar-refractivity contribution is 5.89. The number of hydrogen-bond donors (Lipinski definition) is 3. The summed E-state index contributed by atoms with van der Waals surface area (Å²) in [7, 11) is 0. The van der Waals surface area contributed by atoms with Gasteiger partial charge in [0.05, 0.1) is 11.2 Å². The number of hydrogen-bond acceptors (Lipinski definition) is 8. The fourth-order valence-corrected chi connectivity index (χ4v) is 4.97. The van der Waals surface area contributed by atoms with Gasteiger partial charge in [0, 0.05) is 45.5 Å². The molecule has 212 valence electrons. The number of benzene rings is 1. The largest absolute Gasteiger partial charge is 0.489 e. The van der Waals surface area contributed by atoms with E-state index in [0.29, 0.717) is 37.8 Å². The van der Waals surface area contributed by atoms with E-state index < -0.39 is 11.2 Å². The van der Waals surface area contributed by atoms with Crippen LogP contribution >= 0.6 is 0 Å². The first-order chi connectivity index (χ1) is 18.5. The minimum absolute atomic E-state index is 0.0237. The topological polar surface area (TPSA) is 152 Å². The van der Waals surface area contributed by atoms with Gasteiger partial charge in [-0.15, -0.1) is 0 Å². The molecule has 2 atom stereocenters. The third-order valence-corrected chi connectivity index (χ3v) is 7.11. The summed E-state index contributed by atoms with van der Waals surface area (Å²) >= 11 is 0. The third kappa shape index (κ3) is 7.34. The Morgan fingerprint density at radius 2 is 1.77 bits per heavy atom. The molecule has 3 amide bonds. The van der Waals surface area contributed by atoms with Crippen molar-refractivity contribution >= 4 is 17.8 Å². The quantitative estimate of drug-likeness (QED) is 0.442. The number of carbonyl (C=O) groups is 2. The van der Waals surface area contributed by atoms with Crippen LogP contribution in [0.2, 0.25) is 0 Å². The summed E-state index contributed by atoms with van der Waals surface area (Å²) in [6.45, 7) is 10.5. The van der Waals surface area contributed by atoms with Crippen LogP contribution in [-0.2, 0) is 4.79 Å². The monoisotopic (exact) mass is 540 g/mol. The molecule has 1 aromatic carbocycles. The maximum absolute atomic E-state index is 12.7. The molecule has 1 unspecified atom stereocenters. The van der Waals surface area contributed by atoms with Crippen LogP contribution in [0, 0.1) is 5.92 Å². The molecule has 12 nitrogen and oxygen atoms in total. The Kier molecular flexibility index (Phi) is 8.88. The van der Waals surface area contributed by atoms with Crippen molar-refractivity contribution in [3.8, 4) is 11.4 Å². The Hall–Kier alpha value is -3.48. The standard InChI is InChI=1S/C27H40N8O4/c1-19(17-32-10-8-20(16-28)18-32)39-22-6-4-21(5-7-22)35-11-9-23(31-26(35)38)30-25(37)34-14-12-33(13-15-34)24(36)27(2,3)29/h4-7,9,11,19-20H,8,10,12-18,28-29H2,1-3H3,(H,30,31,37,38)/t19?,20-/m1/s1. The van der Waals surface area contributed by atoms with Gasteiger partial charge < -0.3 is 26.0 Å². The number of ether oxygens (including phenoxy) is 1. The van der Waals surface area contributed by atoms with Crippen molar-refractivity contribution in [3.05, 3.63) is 47.0 Å². The molecule has 1 aromatic heterocycles. The van der Waals surface area contributed by atoms with Gasteiger partial charge >= 0.3 is 11.7 Å². The van der Waals surface area contributed by atoms with Crippen LogP contribution in [0.1, 0.15) is 27.2 Å². The van der Waals surface area contributed by atoms with E-state index in [2.05, 4.69) is 15.2 Å². The zero-order chi connectivity index (χ0) is 28.2. The second kappa shape index (κ2) is 12.1. The third-order valence-electron chi connectivity index (χ3n) is 7.11. The van der Waals surface area contributed by atoms with Crippen molar-refractivity contribution in [3.63, 3.8) is 0 Å². The van der Waals surface area contributed by atoms with Crippen molar-refractivity contribution in [2.45, 2.75) is 38.8 Å². The molecule has 0 bridgehead atoms. The molecular formula is C27H40N8O4. The normalized spacial score (nSPS) is 19.2. The summed E-state index contributed by atoms with van der Waals surface area (Å²) in [6, 6.07) is 8.46. The number of nitrogens with zero attached hydrogens (tertiary/aromatic N) is 5. The first-order valence-electron chi connectivity index (χ1n) is 13.5. The fourth-order valence-electron chi connectivity index (χ4n) is 4.97. The van der Waals surface area contributed by atoms with E-state index in [1.165, 1.54) is 4.57 Å². The van der Waals surface area contributed by atoms with Gasteiger partial charge in [-0.3, -0.25) is 19.6 Å². The van der Waals surface area contributed by atoms with E-state index in [0.717, 1.165) is 38.3 Å². The average molecular weight is 541 g/mol. The Morgan fingerprint density at radius 1 is 1.10 bits per heavy atom. The molecular weight excluding hydrogens is 500 g/mol. The van der Waals surface area contributed by atoms with Crippen LogP contribution in [0.5, 0.6) is 5.75 Å². The van der Waals surface area contributed by atoms with Crippen LogP contribution in [0.25, 0.3) is 5.69 Å². The molecule has 12 heteroatoms. The molecule has 0 saturated carbocycles. The highest BCUT2D eigenvalue weighted by Crippen LogP contribution is 2.19. The molecule has 3 heterocycles. The summed E-state index contributed by atoms with van der Waals surface area (Å²) in [5.74, 6) is 1.31. The van der Waals surface area contributed by atoms with Crippen LogP contribution in [-0.4, -0.2) is 100 Å². The lowest BCUT2D eigenvalue weighted by atomic mass is 10.1. The predicted molar refractivity (Wildman–Crippen MR) is 149 cm³/mol. The first-order valence-corrected chi connectivity index (χ1v) is 13.5. The van der Waals surface area contributed by atoms with Crippen LogP contribution in [0.4, 0.5) is 10.6 Å². The molecule has 2 aliphatic rings. The zero-order valence-electron chi connectivity index (χ0n) is 23.0. The number of nitrogens with one attached hydrogen (secondary N) is 1. The Morgan fingerprint density at radius 3 is 2.36 bits per heavy atom. The van der Waals surface area contributed by atoms with Crippen molar-refractivity contribution in [2.24, 2.45) is 17.4 Å². The molecule has 0 spiro atoms. The van der Waals surface area contributed by atoms with Gasteiger partial charge in [-0.25, -0.2) is 9.59 Å². The average Bonchev–Trinajstić information content (AvgIpc) is 3.36. The lowest BCUT2D eigenvalue weighted by Crippen LogP contribution is -2.58. The summed E-state index contributed by atoms with van der Waals surface area (Å²) in [5.41, 5.74) is 10.9. The van der Waals surface area contributed by atoms with Gasteiger partial charge in [0.2, 0.25) is 5.91 Å². The van der Waals surface area contributed by atoms with Crippen LogP contribution < -0.4 is 27.2 Å². The summed E-state index contributed by atoms with van der Waals surface area (Å²) in [5, 5.41) is 2.68.